The van der Waals surface area contributed by atoms with Crippen molar-refractivity contribution in [1.29, 1.82) is 0 Å². The fourth-order valence-electron chi connectivity index (χ4n) is 9.22. The van der Waals surface area contributed by atoms with E-state index < -0.39 is 13.3 Å². The molecule has 3 heterocycles. The van der Waals surface area contributed by atoms with Crippen molar-refractivity contribution in [2.24, 2.45) is 0 Å². The Balaban J connectivity index is 0.000000196. The predicted octanol–water partition coefficient (Wildman–Crippen LogP) is 14.8. The number of aromatic nitrogens is 3. The van der Waals surface area contributed by atoms with Crippen LogP contribution in [0, 0.1) is 19.1 Å². The van der Waals surface area contributed by atoms with Gasteiger partial charge in [-0.1, -0.05) is 86.8 Å². The summed E-state index contributed by atoms with van der Waals surface area (Å²) >= 11 is -1.89. The molecule has 1 aliphatic rings. The number of imidazole rings is 1. The van der Waals surface area contributed by atoms with E-state index in [1.807, 2.05) is 36.4 Å². The number of fused-ring (bicyclic) bond motifs is 4. The van der Waals surface area contributed by atoms with Gasteiger partial charge in [-0.3, -0.25) is 4.98 Å². The Morgan fingerprint density at radius 3 is 2.23 bits per heavy atom. The van der Waals surface area contributed by atoms with Crippen LogP contribution in [-0.2, 0) is 25.5 Å². The standard InChI is InChI=1S/C36H29N2O.C20H26GeN.Ir/c1-23-11-10-16-33-34(23)27-21-26(18-20-32(27)39-33)35-37-29-14-8-9-15-31(29)38(35)30-19-17-25(22-28(30)36(2,3)4)24-12-6-5-7-13-24;1-21(2,3)19-15-22-20(17-12-8-5-9-13-17)14-18(19)16-10-6-4-7-11-16;/h5-17,19-22H,1-4H3;5,8-9,12,14-16H,4,6-7,10-11H2,1-3H3;/q2*-1;. The first kappa shape index (κ1) is 43.6. The van der Waals surface area contributed by atoms with Gasteiger partial charge in [0.25, 0.3) is 0 Å². The molecule has 0 N–H and O–H groups in total. The summed E-state index contributed by atoms with van der Waals surface area (Å²) in [6.45, 7) is 8.96. The summed E-state index contributed by atoms with van der Waals surface area (Å²) in [6.07, 6.45) is 9.08. The van der Waals surface area contributed by atoms with Gasteiger partial charge in [-0.05, 0) is 64.9 Å². The van der Waals surface area contributed by atoms with Crippen molar-refractivity contribution in [3.8, 4) is 39.5 Å². The minimum atomic E-state index is -1.89. The summed E-state index contributed by atoms with van der Waals surface area (Å²) in [7, 11) is 0. The van der Waals surface area contributed by atoms with E-state index in [0.29, 0.717) is 0 Å². The second-order valence-corrected chi connectivity index (χ2v) is 29.4. The van der Waals surface area contributed by atoms with Crippen molar-refractivity contribution in [1.82, 2.24) is 14.5 Å². The molecule has 6 heteroatoms. The third-order valence-corrected chi connectivity index (χ3v) is 16.6. The monoisotopic (exact) mass is 1050 g/mol. The van der Waals surface area contributed by atoms with E-state index >= 15 is 0 Å². The van der Waals surface area contributed by atoms with Gasteiger partial charge in [-0.2, -0.15) is 0 Å². The summed E-state index contributed by atoms with van der Waals surface area (Å²) < 4.78 is 10.1. The van der Waals surface area contributed by atoms with Crippen molar-refractivity contribution >= 4 is 50.6 Å². The number of benzene rings is 6. The first-order chi connectivity index (χ1) is 29.4. The Morgan fingerprint density at radius 2 is 1.48 bits per heavy atom. The average molecular weight is 1050 g/mol. The Bertz CT molecular complexity index is 2980. The molecule has 3 aromatic heterocycles. The van der Waals surface area contributed by atoms with E-state index in [4.69, 9.17) is 14.4 Å². The maximum absolute atomic E-state index is 6.16. The largest absolute Gasteiger partial charge is 0 e. The van der Waals surface area contributed by atoms with Crippen LogP contribution in [-0.4, -0.2) is 27.8 Å². The van der Waals surface area contributed by atoms with Crippen molar-refractivity contribution in [2.75, 3.05) is 0 Å². The average Bonchev–Trinajstić information content (AvgIpc) is 3.86. The molecule has 0 aliphatic heterocycles. The van der Waals surface area contributed by atoms with Gasteiger partial charge in [-0.25, -0.2) is 0 Å². The minimum absolute atomic E-state index is 0. The first-order valence-electron chi connectivity index (χ1n) is 21.9. The number of furan rings is 1. The first-order valence-corrected chi connectivity index (χ1v) is 29.3. The smallest absolute Gasteiger partial charge is 0 e. The predicted molar refractivity (Wildman–Crippen MR) is 259 cm³/mol. The molecular weight excluding hydrogens is 995 g/mol. The summed E-state index contributed by atoms with van der Waals surface area (Å²) in [6, 6.07) is 53.5. The van der Waals surface area contributed by atoms with E-state index in [0.717, 1.165) is 67.2 Å². The number of pyridine rings is 1. The van der Waals surface area contributed by atoms with Crippen LogP contribution in [0.15, 0.2) is 144 Å². The van der Waals surface area contributed by atoms with E-state index in [-0.39, 0.29) is 25.5 Å². The Kier molecular flexibility index (Phi) is 12.6. The van der Waals surface area contributed by atoms with Gasteiger partial charge in [0.05, 0.1) is 22.4 Å². The Hall–Kier alpha value is -5.07. The van der Waals surface area contributed by atoms with Crippen LogP contribution in [0.25, 0.3) is 72.4 Å². The third kappa shape index (κ3) is 8.78. The van der Waals surface area contributed by atoms with Crippen molar-refractivity contribution in [2.45, 2.75) is 88.4 Å². The molecule has 1 fully saturated rings. The van der Waals surface area contributed by atoms with Crippen LogP contribution < -0.4 is 4.40 Å². The van der Waals surface area contributed by atoms with Gasteiger partial charge in [0, 0.05) is 31.2 Å². The van der Waals surface area contributed by atoms with E-state index in [9.17, 15) is 0 Å². The summed E-state index contributed by atoms with van der Waals surface area (Å²) in [5.41, 5.74) is 14.5. The van der Waals surface area contributed by atoms with Gasteiger partial charge in [0.2, 0.25) is 0 Å². The van der Waals surface area contributed by atoms with Crippen LogP contribution in [0.1, 0.15) is 75.5 Å². The van der Waals surface area contributed by atoms with Crippen LogP contribution in [0.3, 0.4) is 0 Å². The maximum atomic E-state index is 6.16. The maximum Gasteiger partial charge on any atom is 0 e. The molecule has 315 valence electrons. The van der Waals surface area contributed by atoms with Gasteiger partial charge in [0.15, 0.2) is 0 Å². The molecule has 1 aliphatic carbocycles. The number of hydrogen-bond acceptors (Lipinski definition) is 3. The number of hydrogen-bond donors (Lipinski definition) is 0. The van der Waals surface area contributed by atoms with E-state index in [2.05, 4.69) is 165 Å². The molecule has 6 aromatic carbocycles. The van der Waals surface area contributed by atoms with Crippen LogP contribution in [0.2, 0.25) is 17.3 Å². The second kappa shape index (κ2) is 18.0. The number of aryl methyl sites for hydroxylation is 1. The molecule has 0 spiro atoms. The molecule has 0 amide bonds. The zero-order valence-corrected chi connectivity index (χ0v) is 41.5. The second-order valence-electron chi connectivity index (χ2n) is 18.8. The molecule has 0 bridgehead atoms. The van der Waals surface area contributed by atoms with Crippen LogP contribution in [0.4, 0.5) is 0 Å². The molecule has 1 saturated carbocycles. The van der Waals surface area contributed by atoms with Gasteiger partial charge >= 0.3 is 137 Å². The molecule has 1 radical (unpaired) electrons. The molecule has 62 heavy (non-hydrogen) atoms. The molecule has 10 rings (SSSR count). The topological polar surface area (TPSA) is 43.9 Å². The Labute approximate surface area is 383 Å². The summed E-state index contributed by atoms with van der Waals surface area (Å²) in [5.74, 6) is 9.07. The molecule has 4 nitrogen and oxygen atoms in total. The number of rotatable bonds is 6. The molecule has 0 atom stereocenters. The fourth-order valence-corrected chi connectivity index (χ4v) is 12.6. The SMILES string of the molecule is Cc1cccc2oc3c[c-]c(-c4nc5ccccc5n4-c4ccc(-c5ccccc5)cc4C(C)(C)C)cc3c12.[CH3][Ge]([CH3])([CH3])[c]1cnc(-c2[c-]cccc2)cc1C1CCCCC1.[Ir]. The van der Waals surface area contributed by atoms with Crippen LogP contribution in [0.5, 0.6) is 0 Å². The van der Waals surface area contributed by atoms with Gasteiger partial charge in [-0.15, -0.1) is 23.8 Å². The van der Waals surface area contributed by atoms with Crippen molar-refractivity contribution in [3.05, 3.63) is 168 Å². The quantitative estimate of drug-likeness (QED) is 0.123. The minimum Gasteiger partial charge on any atom is 0 e. The normalized spacial score (nSPS) is 13.5. The molecule has 0 unspecified atom stereocenters. The molecule has 9 aromatic rings. The summed E-state index contributed by atoms with van der Waals surface area (Å²) in [5, 5.41) is 2.24. The zero-order valence-electron chi connectivity index (χ0n) is 37.0. The zero-order chi connectivity index (χ0) is 42.3. The van der Waals surface area contributed by atoms with E-state index in [1.54, 1.807) is 9.96 Å². The van der Waals surface area contributed by atoms with Gasteiger partial charge < -0.3 is 8.98 Å². The number of para-hydroxylation sites is 2. The van der Waals surface area contributed by atoms with Crippen molar-refractivity contribution < 1.29 is 24.5 Å². The van der Waals surface area contributed by atoms with Gasteiger partial charge in [0.1, 0.15) is 5.58 Å². The Morgan fingerprint density at radius 1 is 0.726 bits per heavy atom. The summed E-state index contributed by atoms with van der Waals surface area (Å²) in [4.78, 5) is 9.94. The molecular formula is C56H55GeIrN3O-2. The molecule has 0 saturated heterocycles. The third-order valence-electron chi connectivity index (χ3n) is 12.4. The van der Waals surface area contributed by atoms with E-state index in [1.165, 1.54) is 54.4 Å². The fraction of sp³-hybridized carbons (Fsp3) is 0.250. The van der Waals surface area contributed by atoms with Crippen molar-refractivity contribution in [3.63, 3.8) is 0 Å². The van der Waals surface area contributed by atoms with Crippen LogP contribution >= 0.6 is 0 Å². The number of nitrogens with zero attached hydrogens (tertiary/aromatic N) is 3.